The number of aliphatic hydroxyl groups is 1. The number of hydrogen-bond donors (Lipinski definition) is 3. The van der Waals surface area contributed by atoms with E-state index in [2.05, 4.69) is 10.6 Å². The van der Waals surface area contributed by atoms with E-state index in [0.717, 1.165) is 12.1 Å². The minimum Gasteiger partial charge on any atom is -0.387 e. The molecule has 0 aliphatic heterocycles. The van der Waals surface area contributed by atoms with Gasteiger partial charge in [0.25, 0.3) is 0 Å². The number of benzene rings is 1. The average Bonchev–Trinajstić information content (AvgIpc) is 2.48. The van der Waals surface area contributed by atoms with Gasteiger partial charge in [-0.3, -0.25) is 9.59 Å². The van der Waals surface area contributed by atoms with Crippen LogP contribution in [0.25, 0.3) is 0 Å². The summed E-state index contributed by atoms with van der Waals surface area (Å²) in [6.45, 7) is 4.94. The van der Waals surface area contributed by atoms with Crippen LogP contribution < -0.4 is 10.6 Å². The number of carbonyl (C=O) groups is 2. The highest BCUT2D eigenvalue weighted by atomic mass is 19.4. The largest absolute Gasteiger partial charge is 0.416 e. The molecule has 1 atom stereocenters. The summed E-state index contributed by atoms with van der Waals surface area (Å²) in [4.78, 5) is 23.3. The van der Waals surface area contributed by atoms with Crippen LogP contribution in [0.5, 0.6) is 0 Å². The Bertz CT molecular complexity index is 610. The number of aliphatic hydroxyl groups excluding tert-OH is 1. The molecule has 0 heterocycles. The number of amides is 2. The highest BCUT2D eigenvalue weighted by Gasteiger charge is 2.34. The molecule has 0 bridgehead atoms. The smallest absolute Gasteiger partial charge is 0.387 e. The maximum absolute atomic E-state index is 12.9. The van der Waals surface area contributed by atoms with Crippen molar-refractivity contribution in [2.24, 2.45) is 5.41 Å². The second-order valence-corrected chi connectivity index (χ2v) is 6.92. The molecule has 0 saturated carbocycles. The first-order valence-corrected chi connectivity index (χ1v) is 7.78. The van der Waals surface area contributed by atoms with Crippen molar-refractivity contribution in [3.05, 3.63) is 35.4 Å². The molecule has 3 N–H and O–H groups in total. The van der Waals surface area contributed by atoms with Crippen LogP contribution in [-0.2, 0) is 15.8 Å². The zero-order valence-electron chi connectivity index (χ0n) is 14.4. The Hall–Kier alpha value is -2.09. The summed E-state index contributed by atoms with van der Waals surface area (Å²) in [5.41, 5.74) is -1.49. The van der Waals surface area contributed by atoms with E-state index in [0.29, 0.717) is 0 Å². The van der Waals surface area contributed by atoms with Gasteiger partial charge in [0.05, 0.1) is 18.2 Å². The van der Waals surface area contributed by atoms with Crippen LogP contribution in [0, 0.1) is 5.41 Å². The first-order chi connectivity index (χ1) is 11.4. The third-order valence-electron chi connectivity index (χ3n) is 3.25. The monoisotopic (exact) mass is 360 g/mol. The third kappa shape index (κ3) is 7.55. The summed E-state index contributed by atoms with van der Waals surface area (Å²) in [5, 5.41) is 14.7. The Morgan fingerprint density at radius 3 is 2.24 bits per heavy atom. The molecule has 0 aromatic heterocycles. The highest BCUT2D eigenvalue weighted by molar-refractivity contribution is 5.84. The molecule has 0 spiro atoms. The van der Waals surface area contributed by atoms with Crippen LogP contribution in [-0.4, -0.2) is 30.0 Å². The molecule has 25 heavy (non-hydrogen) atoms. The van der Waals surface area contributed by atoms with Gasteiger partial charge in [-0.15, -0.1) is 0 Å². The first kappa shape index (κ1) is 21.0. The van der Waals surface area contributed by atoms with Crippen LogP contribution in [0.15, 0.2) is 24.3 Å². The van der Waals surface area contributed by atoms with Gasteiger partial charge in [-0.05, 0) is 17.0 Å². The highest BCUT2D eigenvalue weighted by Crippen LogP contribution is 2.34. The summed E-state index contributed by atoms with van der Waals surface area (Å²) < 4.78 is 38.7. The zero-order valence-corrected chi connectivity index (χ0v) is 14.4. The lowest BCUT2D eigenvalue weighted by molar-refractivity contribution is -0.139. The van der Waals surface area contributed by atoms with Crippen LogP contribution in [0.2, 0.25) is 0 Å². The van der Waals surface area contributed by atoms with Crippen LogP contribution >= 0.6 is 0 Å². The van der Waals surface area contributed by atoms with Crippen molar-refractivity contribution >= 4 is 11.8 Å². The summed E-state index contributed by atoms with van der Waals surface area (Å²) in [6, 6.07) is 4.63. The van der Waals surface area contributed by atoms with Crippen molar-refractivity contribution in [1.29, 1.82) is 0 Å². The Morgan fingerprint density at radius 1 is 1.08 bits per heavy atom. The van der Waals surface area contributed by atoms with E-state index in [-0.39, 0.29) is 36.4 Å². The fourth-order valence-electron chi connectivity index (χ4n) is 2.15. The zero-order chi connectivity index (χ0) is 19.3. The summed E-state index contributed by atoms with van der Waals surface area (Å²) in [6.07, 6.45) is -5.86. The molecule has 5 nitrogen and oxygen atoms in total. The molecular weight excluding hydrogens is 337 g/mol. The second-order valence-electron chi connectivity index (χ2n) is 6.92. The molecule has 8 heteroatoms. The molecule has 0 aliphatic rings. The van der Waals surface area contributed by atoms with Crippen molar-refractivity contribution in [2.75, 3.05) is 13.1 Å². The lowest BCUT2D eigenvalue weighted by Gasteiger charge is -2.19. The molecule has 0 unspecified atom stereocenters. The topological polar surface area (TPSA) is 78.4 Å². The quantitative estimate of drug-likeness (QED) is 0.729. The average molecular weight is 360 g/mol. The summed E-state index contributed by atoms with van der Waals surface area (Å²) >= 11 is 0. The Balaban J connectivity index is 2.53. The molecular formula is C17H23F3N2O3. The molecule has 1 aromatic rings. The van der Waals surface area contributed by atoms with E-state index in [9.17, 15) is 27.9 Å². The molecule has 0 aliphatic carbocycles. The number of nitrogens with one attached hydrogen (secondary N) is 2. The Labute approximate surface area is 144 Å². The number of rotatable bonds is 6. The molecule has 0 saturated heterocycles. The van der Waals surface area contributed by atoms with Gasteiger partial charge >= 0.3 is 6.18 Å². The van der Waals surface area contributed by atoms with Gasteiger partial charge in [0.1, 0.15) is 0 Å². The fourth-order valence-corrected chi connectivity index (χ4v) is 2.15. The van der Waals surface area contributed by atoms with E-state index in [1.165, 1.54) is 12.1 Å². The lowest BCUT2D eigenvalue weighted by atomic mass is 9.92. The van der Waals surface area contributed by atoms with Gasteiger partial charge < -0.3 is 15.7 Å². The molecule has 2 amide bonds. The Morgan fingerprint density at radius 2 is 1.68 bits per heavy atom. The number of hydrogen-bond acceptors (Lipinski definition) is 3. The van der Waals surface area contributed by atoms with Crippen LogP contribution in [0.4, 0.5) is 13.2 Å². The summed E-state index contributed by atoms with van der Waals surface area (Å²) in [7, 11) is 0. The van der Waals surface area contributed by atoms with Crippen LogP contribution in [0.3, 0.4) is 0 Å². The van der Waals surface area contributed by atoms with Gasteiger partial charge in [-0.25, -0.2) is 0 Å². The second kappa shape index (κ2) is 8.33. The van der Waals surface area contributed by atoms with E-state index in [1.807, 2.05) is 20.8 Å². The van der Waals surface area contributed by atoms with E-state index < -0.39 is 23.8 Å². The summed E-state index contributed by atoms with van der Waals surface area (Å²) in [5.74, 6) is -0.892. The maximum Gasteiger partial charge on any atom is 0.416 e. The Kier molecular flexibility index (Phi) is 6.98. The van der Waals surface area contributed by atoms with Crippen molar-refractivity contribution in [3.63, 3.8) is 0 Å². The van der Waals surface area contributed by atoms with Gasteiger partial charge in [0, 0.05) is 13.0 Å². The molecule has 0 radical (unpaired) electrons. The number of alkyl halides is 3. The van der Waals surface area contributed by atoms with E-state index >= 15 is 0 Å². The van der Waals surface area contributed by atoms with Crippen molar-refractivity contribution < 1.29 is 27.9 Å². The van der Waals surface area contributed by atoms with Crippen molar-refractivity contribution in [3.8, 4) is 0 Å². The van der Waals surface area contributed by atoms with Gasteiger partial charge in [0.15, 0.2) is 0 Å². The van der Waals surface area contributed by atoms with Gasteiger partial charge in [-0.2, -0.15) is 13.2 Å². The standard InChI is InChI=1S/C17H23F3N2O3/c1-16(2,3)8-14(24)22-10-15(25)21-9-13(23)11-6-4-5-7-12(11)17(18,19)20/h4-7,13,23H,8-10H2,1-3H3,(H,21,25)(H,22,24)/t13-/m1/s1. The van der Waals surface area contributed by atoms with Gasteiger partial charge in [0.2, 0.25) is 11.8 Å². The molecule has 0 fully saturated rings. The number of carbonyl (C=O) groups excluding carboxylic acids is 2. The normalized spacial score (nSPS) is 13.2. The predicted molar refractivity (Wildman–Crippen MR) is 86.5 cm³/mol. The predicted octanol–water partition coefficient (Wildman–Crippen LogP) is 2.41. The van der Waals surface area contributed by atoms with Crippen molar-refractivity contribution in [1.82, 2.24) is 10.6 Å². The van der Waals surface area contributed by atoms with Gasteiger partial charge in [-0.1, -0.05) is 39.0 Å². The first-order valence-electron chi connectivity index (χ1n) is 7.78. The minimum atomic E-state index is -4.59. The molecule has 140 valence electrons. The van der Waals surface area contributed by atoms with E-state index in [1.54, 1.807) is 0 Å². The minimum absolute atomic E-state index is 0.224. The molecule has 1 rings (SSSR count). The molecule has 1 aromatic carbocycles. The third-order valence-corrected chi connectivity index (χ3v) is 3.25. The van der Waals surface area contributed by atoms with E-state index in [4.69, 9.17) is 0 Å². The maximum atomic E-state index is 12.9. The van der Waals surface area contributed by atoms with Crippen molar-refractivity contribution in [2.45, 2.75) is 39.5 Å². The van der Waals surface area contributed by atoms with Crippen LogP contribution in [0.1, 0.15) is 44.4 Å². The fraction of sp³-hybridized carbons (Fsp3) is 0.529. The lowest BCUT2D eigenvalue weighted by Crippen LogP contribution is -2.39. The SMILES string of the molecule is CC(C)(C)CC(=O)NCC(=O)NC[C@@H](O)c1ccccc1C(F)(F)F. The number of halogens is 3.